The summed E-state index contributed by atoms with van der Waals surface area (Å²) >= 11 is 0. The van der Waals surface area contributed by atoms with Gasteiger partial charge < -0.3 is 8.98 Å². The van der Waals surface area contributed by atoms with Crippen LogP contribution in [0, 0.1) is 0 Å². The summed E-state index contributed by atoms with van der Waals surface area (Å²) in [5.74, 6) is 0.633. The minimum Gasteiger partial charge on any atom is -0.453 e. The molecule has 0 unspecified atom stereocenters. The van der Waals surface area contributed by atoms with Gasteiger partial charge in [-0.2, -0.15) is 0 Å². The Morgan fingerprint density at radius 2 is 0.932 bits per heavy atom. The van der Waals surface area contributed by atoms with Gasteiger partial charge in [0.15, 0.2) is 11.4 Å². The molecule has 0 saturated carbocycles. The highest BCUT2D eigenvalue weighted by Crippen LogP contribution is 2.40. The van der Waals surface area contributed by atoms with Crippen LogP contribution in [0.25, 0.3) is 83.3 Å². The SMILES string of the molecule is c1ccc(-c2cc(-c3ccccc3)nc(-c3cccc4c3oc3c(-n5c6ccccc6c6ccccc65)cccc34)n2)cc1. The van der Waals surface area contributed by atoms with Gasteiger partial charge in [0, 0.05) is 32.7 Å². The second kappa shape index (κ2) is 9.79. The Kier molecular flexibility index (Phi) is 5.47. The van der Waals surface area contributed by atoms with Crippen molar-refractivity contribution in [1.82, 2.24) is 14.5 Å². The van der Waals surface area contributed by atoms with Crippen LogP contribution in [0.2, 0.25) is 0 Å². The van der Waals surface area contributed by atoms with Gasteiger partial charge in [-0.15, -0.1) is 0 Å². The van der Waals surface area contributed by atoms with Crippen molar-refractivity contribution in [3.63, 3.8) is 0 Å². The highest BCUT2D eigenvalue weighted by Gasteiger charge is 2.20. The van der Waals surface area contributed by atoms with Crippen molar-refractivity contribution in [1.29, 1.82) is 0 Å². The van der Waals surface area contributed by atoms with E-state index in [1.807, 2.05) is 36.4 Å². The molecule has 0 aliphatic heterocycles. The molecule has 0 aliphatic rings. The van der Waals surface area contributed by atoms with Crippen LogP contribution in [0.4, 0.5) is 0 Å². The van der Waals surface area contributed by atoms with E-state index in [4.69, 9.17) is 14.4 Å². The number of furan rings is 1. The van der Waals surface area contributed by atoms with E-state index in [0.717, 1.165) is 66.7 Å². The maximum Gasteiger partial charge on any atom is 0.164 e. The van der Waals surface area contributed by atoms with Crippen LogP contribution >= 0.6 is 0 Å². The Labute approximate surface area is 253 Å². The summed E-state index contributed by atoms with van der Waals surface area (Å²) in [6.07, 6.45) is 0. The Morgan fingerprint density at radius 1 is 0.432 bits per heavy atom. The van der Waals surface area contributed by atoms with Gasteiger partial charge in [0.05, 0.1) is 33.7 Å². The lowest BCUT2D eigenvalue weighted by atomic mass is 10.1. The largest absolute Gasteiger partial charge is 0.453 e. The fourth-order valence-corrected chi connectivity index (χ4v) is 6.42. The lowest BCUT2D eigenvalue weighted by Gasteiger charge is -2.09. The molecule has 9 aromatic rings. The fraction of sp³-hybridized carbons (Fsp3) is 0. The zero-order valence-corrected chi connectivity index (χ0v) is 23.7. The van der Waals surface area contributed by atoms with Gasteiger partial charge in [0.2, 0.25) is 0 Å². The predicted octanol–water partition coefficient (Wildman–Crippen LogP) is 10.5. The van der Waals surface area contributed by atoms with Crippen LogP contribution < -0.4 is 0 Å². The Hall–Kier alpha value is -6.00. The van der Waals surface area contributed by atoms with Crippen molar-refractivity contribution >= 4 is 43.7 Å². The second-order valence-corrected chi connectivity index (χ2v) is 11.0. The maximum absolute atomic E-state index is 6.88. The molecule has 0 saturated heterocycles. The lowest BCUT2D eigenvalue weighted by molar-refractivity contribution is 0.667. The standard InChI is InChI=1S/C40H25N3O/c1-3-13-26(14-4-1)33-25-34(27-15-5-2-6-16-27)42-40(41-33)32-21-11-19-30-31-20-12-24-37(39(31)44-38(30)32)43-35-22-9-7-17-28(35)29-18-8-10-23-36(29)43/h1-25H. The Bertz CT molecular complexity index is 2380. The van der Waals surface area contributed by atoms with Gasteiger partial charge in [-0.3, -0.25) is 0 Å². The molecule has 3 heterocycles. The van der Waals surface area contributed by atoms with Gasteiger partial charge in [-0.05, 0) is 30.3 Å². The van der Waals surface area contributed by atoms with Gasteiger partial charge in [0.25, 0.3) is 0 Å². The molecule has 0 radical (unpaired) electrons. The Balaban J connectivity index is 1.32. The van der Waals surface area contributed by atoms with E-state index >= 15 is 0 Å². The van der Waals surface area contributed by atoms with E-state index in [9.17, 15) is 0 Å². The highest BCUT2D eigenvalue weighted by molar-refractivity contribution is 6.14. The minimum atomic E-state index is 0.633. The van der Waals surface area contributed by atoms with Gasteiger partial charge in [-0.25, -0.2) is 9.97 Å². The third-order valence-electron chi connectivity index (χ3n) is 8.43. The van der Waals surface area contributed by atoms with Crippen molar-refractivity contribution in [2.75, 3.05) is 0 Å². The zero-order chi connectivity index (χ0) is 29.0. The molecule has 4 nitrogen and oxygen atoms in total. The summed E-state index contributed by atoms with van der Waals surface area (Å²) in [5.41, 5.74) is 9.60. The zero-order valence-electron chi connectivity index (χ0n) is 23.7. The molecule has 0 N–H and O–H groups in total. The number of hydrogen-bond donors (Lipinski definition) is 0. The smallest absolute Gasteiger partial charge is 0.164 e. The first kappa shape index (κ1) is 24.6. The van der Waals surface area contributed by atoms with Crippen LogP contribution in [-0.4, -0.2) is 14.5 Å². The van der Waals surface area contributed by atoms with E-state index in [1.165, 1.54) is 10.8 Å². The third-order valence-corrected chi connectivity index (χ3v) is 8.43. The number of hydrogen-bond acceptors (Lipinski definition) is 3. The van der Waals surface area contributed by atoms with E-state index in [0.29, 0.717) is 5.82 Å². The molecule has 0 aliphatic carbocycles. The quantitative estimate of drug-likeness (QED) is 0.214. The van der Waals surface area contributed by atoms with Crippen LogP contribution in [-0.2, 0) is 0 Å². The average molecular weight is 564 g/mol. The minimum absolute atomic E-state index is 0.633. The summed E-state index contributed by atoms with van der Waals surface area (Å²) in [4.78, 5) is 10.2. The maximum atomic E-state index is 6.88. The van der Waals surface area contributed by atoms with Crippen molar-refractivity contribution in [2.45, 2.75) is 0 Å². The first-order valence-corrected chi connectivity index (χ1v) is 14.8. The van der Waals surface area contributed by atoms with Crippen molar-refractivity contribution in [3.05, 3.63) is 152 Å². The molecule has 0 fully saturated rings. The predicted molar refractivity (Wildman–Crippen MR) is 180 cm³/mol. The van der Waals surface area contributed by atoms with E-state index in [2.05, 4.69) is 120 Å². The lowest BCUT2D eigenvalue weighted by Crippen LogP contribution is -1.96. The molecule has 4 heteroatoms. The third kappa shape index (κ3) is 3.78. The average Bonchev–Trinajstić information content (AvgIpc) is 3.65. The summed E-state index contributed by atoms with van der Waals surface area (Å²) in [7, 11) is 0. The van der Waals surface area contributed by atoms with E-state index in [1.54, 1.807) is 0 Å². The van der Waals surface area contributed by atoms with Crippen LogP contribution in [0.1, 0.15) is 0 Å². The van der Waals surface area contributed by atoms with Crippen LogP contribution in [0.15, 0.2) is 156 Å². The first-order valence-electron chi connectivity index (χ1n) is 14.8. The number of rotatable bonds is 4. The molecule has 6 aromatic carbocycles. The molecule has 44 heavy (non-hydrogen) atoms. The number of benzene rings is 6. The first-order chi connectivity index (χ1) is 21.8. The molecule has 9 rings (SSSR count). The summed E-state index contributed by atoms with van der Waals surface area (Å²) in [6.45, 7) is 0. The monoisotopic (exact) mass is 563 g/mol. The molecule has 0 atom stereocenters. The van der Waals surface area contributed by atoms with Gasteiger partial charge in [0.1, 0.15) is 5.58 Å². The van der Waals surface area contributed by atoms with Crippen LogP contribution in [0.5, 0.6) is 0 Å². The molecule has 206 valence electrons. The van der Waals surface area contributed by atoms with Crippen molar-refractivity contribution in [2.24, 2.45) is 0 Å². The van der Waals surface area contributed by atoms with Crippen molar-refractivity contribution < 1.29 is 4.42 Å². The number of para-hydroxylation sites is 4. The highest BCUT2D eigenvalue weighted by atomic mass is 16.3. The summed E-state index contributed by atoms with van der Waals surface area (Å²) in [6, 6.07) is 52.3. The number of aromatic nitrogens is 3. The molecule has 3 aromatic heterocycles. The molecule has 0 bridgehead atoms. The molecule has 0 amide bonds. The fourth-order valence-electron chi connectivity index (χ4n) is 6.42. The topological polar surface area (TPSA) is 43.9 Å². The van der Waals surface area contributed by atoms with Crippen molar-refractivity contribution in [3.8, 4) is 39.6 Å². The van der Waals surface area contributed by atoms with Gasteiger partial charge in [-0.1, -0.05) is 121 Å². The van der Waals surface area contributed by atoms with Gasteiger partial charge >= 0.3 is 0 Å². The number of nitrogens with zero attached hydrogens (tertiary/aromatic N) is 3. The summed E-state index contributed by atoms with van der Waals surface area (Å²) < 4.78 is 9.20. The summed E-state index contributed by atoms with van der Waals surface area (Å²) in [5, 5.41) is 4.53. The van der Waals surface area contributed by atoms with E-state index in [-0.39, 0.29) is 0 Å². The molecule has 0 spiro atoms. The Morgan fingerprint density at radius 3 is 1.55 bits per heavy atom. The van der Waals surface area contributed by atoms with Crippen LogP contribution in [0.3, 0.4) is 0 Å². The second-order valence-electron chi connectivity index (χ2n) is 11.0. The number of fused-ring (bicyclic) bond motifs is 6. The molecular weight excluding hydrogens is 538 g/mol. The molecular formula is C40H25N3O. The van der Waals surface area contributed by atoms with E-state index < -0.39 is 0 Å². The normalized spacial score (nSPS) is 11.6.